The van der Waals surface area contributed by atoms with Crippen LogP contribution >= 0.6 is 0 Å². The fourth-order valence-corrected chi connectivity index (χ4v) is 5.63. The van der Waals surface area contributed by atoms with Gasteiger partial charge in [0.15, 0.2) is 0 Å². The first-order chi connectivity index (χ1) is 15.7. The molecule has 0 bridgehead atoms. The van der Waals surface area contributed by atoms with E-state index in [2.05, 4.69) is 55.6 Å². The van der Waals surface area contributed by atoms with Gasteiger partial charge in [0.1, 0.15) is 17.6 Å². The molecule has 2 unspecified atom stereocenters. The number of rotatable bonds is 6. The molecule has 4 heteroatoms. The van der Waals surface area contributed by atoms with E-state index in [0.717, 1.165) is 56.9 Å². The lowest BCUT2D eigenvalue weighted by molar-refractivity contribution is 0.136. The van der Waals surface area contributed by atoms with Gasteiger partial charge in [-0.2, -0.15) is 0 Å². The third-order valence-electron chi connectivity index (χ3n) is 7.54. The molecule has 4 nitrogen and oxygen atoms in total. The Labute approximate surface area is 192 Å². The van der Waals surface area contributed by atoms with E-state index < -0.39 is 0 Å². The van der Waals surface area contributed by atoms with Crippen molar-refractivity contribution in [3.63, 3.8) is 0 Å². The molecular weight excluding hydrogens is 398 g/mol. The monoisotopic (exact) mass is 435 g/mol. The Bertz CT molecular complexity index is 893. The van der Waals surface area contributed by atoms with Gasteiger partial charge in [0.05, 0.1) is 12.7 Å². The first-order valence-corrected chi connectivity index (χ1v) is 12.5. The molecular formula is C28H37NO3. The standard InChI is InChI=1S/C28H37NO3/c1-19-4-3-5-20(2)28(19)27-12-6-22-16-25(11-13-26(22)32-27)31-24-9-7-23(8-10-24)29-17-21-14-15-30-18-21/h3-5,11,13,16,21,23-24,27,29H,6-10,12,14-15,17-18H2,1-2H3. The summed E-state index contributed by atoms with van der Waals surface area (Å²) in [4.78, 5) is 0. The van der Waals surface area contributed by atoms with Gasteiger partial charge in [0.2, 0.25) is 0 Å². The van der Waals surface area contributed by atoms with E-state index in [1.54, 1.807) is 0 Å². The number of hydrogen-bond donors (Lipinski definition) is 1. The van der Waals surface area contributed by atoms with Crippen molar-refractivity contribution in [2.24, 2.45) is 5.92 Å². The van der Waals surface area contributed by atoms with Gasteiger partial charge >= 0.3 is 0 Å². The Balaban J connectivity index is 1.14. The lowest BCUT2D eigenvalue weighted by Crippen LogP contribution is -2.38. The minimum absolute atomic E-state index is 0.147. The summed E-state index contributed by atoms with van der Waals surface area (Å²) in [6.07, 6.45) is 8.38. The van der Waals surface area contributed by atoms with Crippen LogP contribution in [0.15, 0.2) is 36.4 Å². The largest absolute Gasteiger partial charge is 0.490 e. The molecule has 2 fully saturated rings. The highest BCUT2D eigenvalue weighted by Gasteiger charge is 2.26. The van der Waals surface area contributed by atoms with Crippen molar-refractivity contribution in [1.29, 1.82) is 0 Å². The number of aryl methyl sites for hydroxylation is 3. The summed E-state index contributed by atoms with van der Waals surface area (Å²) in [6, 6.07) is 13.5. The molecule has 2 aliphatic heterocycles. The van der Waals surface area contributed by atoms with E-state index >= 15 is 0 Å². The van der Waals surface area contributed by atoms with Crippen LogP contribution in [0.2, 0.25) is 0 Å². The van der Waals surface area contributed by atoms with E-state index in [0.29, 0.717) is 18.1 Å². The Morgan fingerprint density at radius 1 is 0.969 bits per heavy atom. The highest BCUT2D eigenvalue weighted by Crippen LogP contribution is 2.39. The third-order valence-corrected chi connectivity index (χ3v) is 7.54. The molecule has 1 saturated carbocycles. The van der Waals surface area contributed by atoms with Crippen LogP contribution in [-0.4, -0.2) is 31.9 Å². The molecule has 0 amide bonds. The molecule has 1 N–H and O–H groups in total. The van der Waals surface area contributed by atoms with Gasteiger partial charge in [-0.3, -0.25) is 0 Å². The van der Waals surface area contributed by atoms with Crippen molar-refractivity contribution < 1.29 is 14.2 Å². The SMILES string of the molecule is Cc1cccc(C)c1C1CCc2cc(OC3CCC(NCC4CCOC4)CC3)ccc2O1. The van der Waals surface area contributed by atoms with E-state index in [1.165, 1.54) is 41.5 Å². The topological polar surface area (TPSA) is 39.7 Å². The van der Waals surface area contributed by atoms with E-state index in [4.69, 9.17) is 14.2 Å². The molecule has 2 heterocycles. The predicted molar refractivity (Wildman–Crippen MR) is 128 cm³/mol. The van der Waals surface area contributed by atoms with Gasteiger partial charge in [0.25, 0.3) is 0 Å². The van der Waals surface area contributed by atoms with Crippen LogP contribution in [0.25, 0.3) is 0 Å². The molecule has 0 spiro atoms. The van der Waals surface area contributed by atoms with Crippen LogP contribution in [0.4, 0.5) is 0 Å². The highest BCUT2D eigenvalue weighted by atomic mass is 16.5. The molecule has 2 aromatic rings. The van der Waals surface area contributed by atoms with Gasteiger partial charge < -0.3 is 19.5 Å². The summed E-state index contributed by atoms with van der Waals surface area (Å²) in [5.74, 6) is 2.72. The maximum absolute atomic E-state index is 6.44. The summed E-state index contributed by atoms with van der Waals surface area (Å²) in [6.45, 7) is 7.34. The second-order valence-corrected chi connectivity index (χ2v) is 9.95. The van der Waals surface area contributed by atoms with Gasteiger partial charge in [0, 0.05) is 19.2 Å². The van der Waals surface area contributed by atoms with Crippen molar-refractivity contribution in [2.75, 3.05) is 19.8 Å². The van der Waals surface area contributed by atoms with Crippen LogP contribution in [0, 0.1) is 19.8 Å². The second-order valence-electron chi connectivity index (χ2n) is 9.95. The minimum atomic E-state index is 0.147. The Morgan fingerprint density at radius 3 is 2.53 bits per heavy atom. The van der Waals surface area contributed by atoms with Gasteiger partial charge in [-0.05, 0) is 105 Å². The summed E-state index contributed by atoms with van der Waals surface area (Å²) in [5.41, 5.74) is 5.27. The lowest BCUT2D eigenvalue weighted by Gasteiger charge is -2.31. The van der Waals surface area contributed by atoms with Crippen molar-refractivity contribution in [3.05, 3.63) is 58.7 Å². The molecule has 1 saturated heterocycles. The quantitative estimate of drug-likeness (QED) is 0.633. The van der Waals surface area contributed by atoms with Crippen LogP contribution in [0.3, 0.4) is 0 Å². The van der Waals surface area contributed by atoms with E-state index in [1.807, 2.05) is 0 Å². The highest BCUT2D eigenvalue weighted by molar-refractivity contribution is 5.44. The van der Waals surface area contributed by atoms with Gasteiger partial charge in [-0.15, -0.1) is 0 Å². The predicted octanol–water partition coefficient (Wildman–Crippen LogP) is 5.69. The number of fused-ring (bicyclic) bond motifs is 1. The Kier molecular flexibility index (Phi) is 6.70. The second kappa shape index (κ2) is 9.84. The van der Waals surface area contributed by atoms with Crippen molar-refractivity contribution in [3.8, 4) is 11.5 Å². The van der Waals surface area contributed by atoms with Gasteiger partial charge in [-0.25, -0.2) is 0 Å². The molecule has 0 aromatic heterocycles. The zero-order valence-corrected chi connectivity index (χ0v) is 19.6. The summed E-state index contributed by atoms with van der Waals surface area (Å²) in [7, 11) is 0. The fraction of sp³-hybridized carbons (Fsp3) is 0.571. The molecule has 32 heavy (non-hydrogen) atoms. The number of ether oxygens (including phenoxy) is 3. The van der Waals surface area contributed by atoms with E-state index in [9.17, 15) is 0 Å². The van der Waals surface area contributed by atoms with Crippen LogP contribution in [0.5, 0.6) is 11.5 Å². The maximum atomic E-state index is 6.44. The number of hydrogen-bond acceptors (Lipinski definition) is 4. The average Bonchev–Trinajstić information content (AvgIpc) is 3.32. The van der Waals surface area contributed by atoms with E-state index in [-0.39, 0.29) is 6.10 Å². The van der Waals surface area contributed by atoms with Gasteiger partial charge in [-0.1, -0.05) is 18.2 Å². The summed E-state index contributed by atoms with van der Waals surface area (Å²) < 4.78 is 18.3. The number of nitrogens with one attached hydrogen (secondary N) is 1. The molecule has 3 aliphatic rings. The first kappa shape index (κ1) is 21.8. The number of benzene rings is 2. The molecule has 172 valence electrons. The Hall–Kier alpha value is -2.04. The zero-order chi connectivity index (χ0) is 21.9. The maximum Gasteiger partial charge on any atom is 0.125 e. The first-order valence-electron chi connectivity index (χ1n) is 12.5. The average molecular weight is 436 g/mol. The molecule has 0 radical (unpaired) electrons. The Morgan fingerprint density at radius 2 is 1.78 bits per heavy atom. The summed E-state index contributed by atoms with van der Waals surface area (Å²) >= 11 is 0. The van der Waals surface area contributed by atoms with Crippen LogP contribution in [0.1, 0.15) is 66.9 Å². The normalized spacial score (nSPS) is 27.6. The van der Waals surface area contributed by atoms with Crippen LogP contribution < -0.4 is 14.8 Å². The molecule has 2 aromatic carbocycles. The smallest absolute Gasteiger partial charge is 0.125 e. The third kappa shape index (κ3) is 4.97. The zero-order valence-electron chi connectivity index (χ0n) is 19.6. The van der Waals surface area contributed by atoms with Crippen LogP contribution in [-0.2, 0) is 11.2 Å². The molecule has 5 rings (SSSR count). The van der Waals surface area contributed by atoms with Crippen molar-refractivity contribution in [2.45, 2.75) is 77.0 Å². The van der Waals surface area contributed by atoms with Crippen molar-refractivity contribution in [1.82, 2.24) is 5.32 Å². The molecule has 1 aliphatic carbocycles. The minimum Gasteiger partial charge on any atom is -0.490 e. The molecule has 2 atom stereocenters. The lowest BCUT2D eigenvalue weighted by atomic mass is 9.91. The fourth-order valence-electron chi connectivity index (χ4n) is 5.63. The summed E-state index contributed by atoms with van der Waals surface area (Å²) in [5, 5.41) is 3.76. The van der Waals surface area contributed by atoms with Crippen molar-refractivity contribution >= 4 is 0 Å².